The second-order valence-electron chi connectivity index (χ2n) is 7.53. The summed E-state index contributed by atoms with van der Waals surface area (Å²) < 4.78 is 5.78. The largest absolute Gasteiger partial charge is 0.492 e. The smallest absolute Gasteiger partial charge is 0.252 e. The highest BCUT2D eigenvalue weighted by Gasteiger charge is 2.45. The van der Waals surface area contributed by atoms with E-state index in [9.17, 15) is 4.79 Å². The van der Waals surface area contributed by atoms with E-state index in [0.717, 1.165) is 30.7 Å². The molecule has 0 unspecified atom stereocenters. The maximum Gasteiger partial charge on any atom is 0.252 e. The summed E-state index contributed by atoms with van der Waals surface area (Å²) in [4.78, 5) is 15.0. The molecule has 0 bridgehead atoms. The average Bonchev–Trinajstić information content (AvgIpc) is 3.37. The van der Waals surface area contributed by atoms with Gasteiger partial charge in [-0.05, 0) is 64.0 Å². The molecular formula is C22H28N2O2. The number of nitrogens with one attached hydrogen (secondary N) is 1. The molecule has 1 saturated carbocycles. The van der Waals surface area contributed by atoms with Crippen molar-refractivity contribution >= 4 is 5.91 Å². The van der Waals surface area contributed by atoms with Crippen molar-refractivity contribution in [2.45, 2.75) is 32.2 Å². The fourth-order valence-corrected chi connectivity index (χ4v) is 3.05. The van der Waals surface area contributed by atoms with Gasteiger partial charge in [0.25, 0.3) is 5.91 Å². The molecular weight excluding hydrogens is 324 g/mol. The first-order chi connectivity index (χ1) is 12.4. The van der Waals surface area contributed by atoms with Crippen LogP contribution < -0.4 is 10.1 Å². The molecule has 138 valence electrons. The van der Waals surface area contributed by atoms with Crippen molar-refractivity contribution in [1.82, 2.24) is 10.2 Å². The van der Waals surface area contributed by atoms with Crippen LogP contribution in [0.3, 0.4) is 0 Å². The molecule has 1 aliphatic rings. The van der Waals surface area contributed by atoms with Gasteiger partial charge < -0.3 is 15.0 Å². The number of nitrogens with zero attached hydrogens (tertiary/aromatic N) is 1. The Morgan fingerprint density at radius 2 is 1.81 bits per heavy atom. The first-order valence-electron chi connectivity index (χ1n) is 9.17. The minimum absolute atomic E-state index is 0.0290. The van der Waals surface area contributed by atoms with Crippen molar-refractivity contribution < 1.29 is 9.53 Å². The number of amides is 1. The van der Waals surface area contributed by atoms with Crippen LogP contribution in [0.2, 0.25) is 0 Å². The van der Waals surface area contributed by atoms with Gasteiger partial charge in [-0.3, -0.25) is 4.79 Å². The fraction of sp³-hybridized carbons (Fsp3) is 0.409. The zero-order chi connectivity index (χ0) is 18.7. The van der Waals surface area contributed by atoms with E-state index in [4.69, 9.17) is 4.74 Å². The molecule has 4 nitrogen and oxygen atoms in total. The third-order valence-corrected chi connectivity index (χ3v) is 4.97. The van der Waals surface area contributed by atoms with E-state index in [1.54, 1.807) is 0 Å². The van der Waals surface area contributed by atoms with Crippen LogP contribution in [-0.2, 0) is 5.54 Å². The van der Waals surface area contributed by atoms with Crippen molar-refractivity contribution in [3.05, 3.63) is 64.7 Å². The molecule has 0 aliphatic heterocycles. The SMILES string of the molecule is Cc1ccc(C2(NC(=O)c3cc(OCCN(C)C)ccc3C)CC2)cc1. The van der Waals surface area contributed by atoms with E-state index in [1.807, 2.05) is 39.2 Å². The van der Waals surface area contributed by atoms with Gasteiger partial charge in [-0.2, -0.15) is 0 Å². The molecule has 1 N–H and O–H groups in total. The summed E-state index contributed by atoms with van der Waals surface area (Å²) in [7, 11) is 4.02. The lowest BCUT2D eigenvalue weighted by atomic mass is 10.0. The first-order valence-corrected chi connectivity index (χ1v) is 9.17. The van der Waals surface area contributed by atoms with Gasteiger partial charge in [-0.25, -0.2) is 0 Å². The molecule has 1 aliphatic carbocycles. The zero-order valence-electron chi connectivity index (χ0n) is 16.1. The second kappa shape index (κ2) is 7.50. The molecule has 0 aromatic heterocycles. The van der Waals surface area contributed by atoms with E-state index >= 15 is 0 Å². The Balaban J connectivity index is 1.72. The van der Waals surface area contributed by atoms with Gasteiger partial charge in [0.15, 0.2) is 0 Å². The van der Waals surface area contributed by atoms with E-state index < -0.39 is 0 Å². The summed E-state index contributed by atoms with van der Waals surface area (Å²) in [5.74, 6) is 0.710. The van der Waals surface area contributed by atoms with Gasteiger partial charge in [0, 0.05) is 12.1 Å². The molecule has 2 aromatic rings. The summed E-state index contributed by atoms with van der Waals surface area (Å²) in [5.41, 5.74) is 3.86. The summed E-state index contributed by atoms with van der Waals surface area (Å²) in [6.45, 7) is 5.48. The van der Waals surface area contributed by atoms with Gasteiger partial charge in [-0.15, -0.1) is 0 Å². The number of likely N-dealkylation sites (N-methyl/N-ethyl adjacent to an activating group) is 1. The molecule has 0 radical (unpaired) electrons. The topological polar surface area (TPSA) is 41.6 Å². The molecule has 0 saturated heterocycles. The molecule has 2 aromatic carbocycles. The minimum Gasteiger partial charge on any atom is -0.492 e. The Morgan fingerprint density at radius 3 is 2.42 bits per heavy atom. The molecule has 3 rings (SSSR count). The van der Waals surface area contributed by atoms with Crippen LogP contribution in [0.25, 0.3) is 0 Å². The Labute approximate surface area is 156 Å². The highest BCUT2D eigenvalue weighted by atomic mass is 16.5. The average molecular weight is 352 g/mol. The monoisotopic (exact) mass is 352 g/mol. The predicted octanol–water partition coefficient (Wildman–Crippen LogP) is 3.66. The van der Waals surface area contributed by atoms with Crippen LogP contribution in [0, 0.1) is 13.8 Å². The third kappa shape index (κ3) is 4.25. The van der Waals surface area contributed by atoms with E-state index in [2.05, 4.69) is 41.4 Å². The molecule has 4 heteroatoms. The lowest BCUT2D eigenvalue weighted by Gasteiger charge is -2.19. The summed E-state index contributed by atoms with van der Waals surface area (Å²) in [6, 6.07) is 14.2. The quantitative estimate of drug-likeness (QED) is 0.827. The number of benzene rings is 2. The molecule has 1 amide bonds. The van der Waals surface area contributed by atoms with Crippen LogP contribution in [0.1, 0.15) is 39.9 Å². The number of rotatable bonds is 7. The van der Waals surface area contributed by atoms with Crippen molar-refractivity contribution in [2.24, 2.45) is 0 Å². The van der Waals surface area contributed by atoms with Crippen LogP contribution in [0.5, 0.6) is 5.75 Å². The first kappa shape index (κ1) is 18.5. The Morgan fingerprint density at radius 1 is 1.12 bits per heavy atom. The van der Waals surface area contributed by atoms with Crippen LogP contribution >= 0.6 is 0 Å². The van der Waals surface area contributed by atoms with Gasteiger partial charge in [0.2, 0.25) is 0 Å². The van der Waals surface area contributed by atoms with Gasteiger partial charge >= 0.3 is 0 Å². The van der Waals surface area contributed by atoms with Crippen molar-refractivity contribution in [3.63, 3.8) is 0 Å². The Bertz CT molecular complexity index is 777. The van der Waals surface area contributed by atoms with E-state index in [0.29, 0.717) is 12.2 Å². The van der Waals surface area contributed by atoms with Gasteiger partial charge in [0.1, 0.15) is 12.4 Å². The second-order valence-corrected chi connectivity index (χ2v) is 7.53. The lowest BCUT2D eigenvalue weighted by Crippen LogP contribution is -2.35. The van der Waals surface area contributed by atoms with Crippen LogP contribution in [-0.4, -0.2) is 38.1 Å². The van der Waals surface area contributed by atoms with E-state index in [1.165, 1.54) is 11.1 Å². The molecule has 0 heterocycles. The van der Waals surface area contributed by atoms with Crippen LogP contribution in [0.15, 0.2) is 42.5 Å². The third-order valence-electron chi connectivity index (χ3n) is 4.97. The van der Waals surface area contributed by atoms with Crippen molar-refractivity contribution in [1.29, 1.82) is 0 Å². The summed E-state index contributed by atoms with van der Waals surface area (Å²) in [5, 5.41) is 3.26. The number of aryl methyl sites for hydroxylation is 2. The molecule has 0 spiro atoms. The maximum atomic E-state index is 12.9. The summed E-state index contributed by atoms with van der Waals surface area (Å²) in [6.07, 6.45) is 1.97. The van der Waals surface area contributed by atoms with Crippen molar-refractivity contribution in [3.8, 4) is 5.75 Å². The Kier molecular flexibility index (Phi) is 5.33. The number of carbonyl (C=O) groups is 1. The zero-order valence-corrected chi connectivity index (χ0v) is 16.1. The molecule has 1 fully saturated rings. The minimum atomic E-state index is -0.209. The predicted molar refractivity (Wildman–Crippen MR) is 105 cm³/mol. The van der Waals surface area contributed by atoms with E-state index in [-0.39, 0.29) is 11.4 Å². The van der Waals surface area contributed by atoms with Crippen LogP contribution in [0.4, 0.5) is 0 Å². The number of hydrogen-bond acceptors (Lipinski definition) is 3. The normalized spacial score (nSPS) is 15.0. The number of hydrogen-bond donors (Lipinski definition) is 1. The molecule has 0 atom stereocenters. The number of carbonyl (C=O) groups excluding carboxylic acids is 1. The standard InChI is InChI=1S/C22H28N2O2/c1-16-5-8-18(9-6-16)22(11-12-22)23-21(25)20-15-19(10-7-17(20)2)26-14-13-24(3)4/h5-10,15H,11-14H2,1-4H3,(H,23,25). The van der Waals surface area contributed by atoms with Crippen molar-refractivity contribution in [2.75, 3.05) is 27.2 Å². The molecule has 26 heavy (non-hydrogen) atoms. The lowest BCUT2D eigenvalue weighted by molar-refractivity contribution is 0.0929. The van der Waals surface area contributed by atoms with Gasteiger partial charge in [-0.1, -0.05) is 35.9 Å². The van der Waals surface area contributed by atoms with Gasteiger partial charge in [0.05, 0.1) is 5.54 Å². The fourth-order valence-electron chi connectivity index (χ4n) is 3.05. The number of ether oxygens (including phenoxy) is 1. The summed E-state index contributed by atoms with van der Waals surface area (Å²) >= 11 is 0. The highest BCUT2D eigenvalue weighted by Crippen LogP contribution is 2.45. The Hall–Kier alpha value is -2.33. The highest BCUT2D eigenvalue weighted by molar-refractivity contribution is 5.96. The maximum absolute atomic E-state index is 12.9.